The number of nitrogens with one attached hydrogen (secondary N) is 2. The quantitative estimate of drug-likeness (QED) is 0.330. The summed E-state index contributed by atoms with van der Waals surface area (Å²) >= 11 is 0. The van der Waals surface area contributed by atoms with Gasteiger partial charge in [0.05, 0.1) is 38.1 Å². The van der Waals surface area contributed by atoms with E-state index >= 15 is 0 Å². The molecule has 1 aliphatic heterocycles. The average Bonchev–Trinajstić information content (AvgIpc) is 3.41. The lowest BCUT2D eigenvalue weighted by Gasteiger charge is -2.34. The number of esters is 1. The monoisotopic (exact) mass is 534 g/mol. The van der Waals surface area contributed by atoms with Crippen LogP contribution in [0.5, 0.6) is 0 Å². The van der Waals surface area contributed by atoms with Crippen LogP contribution in [0.3, 0.4) is 0 Å². The number of imidazole rings is 1. The Bertz CT molecular complexity index is 1160. The summed E-state index contributed by atoms with van der Waals surface area (Å²) in [6.07, 6.45) is 12.7. The minimum atomic E-state index is -4.15. The van der Waals surface area contributed by atoms with Crippen LogP contribution in [0, 0.1) is 5.92 Å². The number of nitrogens with zero attached hydrogens (tertiary/aromatic N) is 2. The van der Waals surface area contributed by atoms with Crippen LogP contribution in [0.15, 0.2) is 48.5 Å². The van der Waals surface area contributed by atoms with E-state index in [-0.39, 0.29) is 17.9 Å². The SMILES string of the molecule is COC(=O)[C@H](Cc1c[nH]cn1)NC(=O)C(=C[C@@H]1C=CC=CC1)CS(=O)(=O)C(C)(C)C(=O)N1CCOCC1. The first-order valence-corrected chi connectivity index (χ1v) is 13.7. The number of ether oxygens (including phenoxy) is 2. The van der Waals surface area contributed by atoms with Crippen molar-refractivity contribution >= 4 is 27.6 Å². The molecule has 0 aromatic carbocycles. The van der Waals surface area contributed by atoms with E-state index in [1.807, 2.05) is 24.3 Å². The molecule has 0 saturated carbocycles. The molecule has 37 heavy (non-hydrogen) atoms. The van der Waals surface area contributed by atoms with Crippen molar-refractivity contribution in [3.63, 3.8) is 0 Å². The first kappa shape index (κ1) is 28.3. The van der Waals surface area contributed by atoms with Gasteiger partial charge in [-0.25, -0.2) is 18.2 Å². The number of sulfone groups is 1. The van der Waals surface area contributed by atoms with Gasteiger partial charge in [-0.1, -0.05) is 30.4 Å². The van der Waals surface area contributed by atoms with Crippen LogP contribution < -0.4 is 5.32 Å². The molecule has 1 aromatic rings. The highest BCUT2D eigenvalue weighted by molar-refractivity contribution is 7.93. The van der Waals surface area contributed by atoms with Gasteiger partial charge in [0.2, 0.25) is 11.8 Å². The second-order valence-corrected chi connectivity index (χ2v) is 11.9. The van der Waals surface area contributed by atoms with Gasteiger partial charge < -0.3 is 24.7 Å². The molecular formula is C25H34N4O7S. The molecule has 0 spiro atoms. The minimum absolute atomic E-state index is 0.0506. The van der Waals surface area contributed by atoms with E-state index in [0.717, 1.165) is 0 Å². The summed E-state index contributed by atoms with van der Waals surface area (Å²) < 4.78 is 35.5. The number of rotatable bonds is 10. The molecule has 2 heterocycles. The number of carbonyl (C=O) groups excluding carboxylic acids is 3. The van der Waals surface area contributed by atoms with Crippen LogP contribution in [0.4, 0.5) is 0 Å². The number of methoxy groups -OCH3 is 1. The predicted octanol–water partition coefficient (Wildman–Crippen LogP) is 0.721. The molecule has 1 aliphatic carbocycles. The molecule has 2 atom stereocenters. The number of aromatic amines is 1. The molecule has 2 aliphatic rings. The lowest BCUT2D eigenvalue weighted by atomic mass is 9.98. The number of hydrogen-bond acceptors (Lipinski definition) is 8. The fraction of sp³-hybridized carbons (Fsp3) is 0.520. The number of allylic oxidation sites excluding steroid dienone is 5. The fourth-order valence-corrected chi connectivity index (χ4v) is 5.43. The Morgan fingerprint density at radius 3 is 2.62 bits per heavy atom. The van der Waals surface area contributed by atoms with Crippen LogP contribution in [0.25, 0.3) is 0 Å². The van der Waals surface area contributed by atoms with Crippen molar-refractivity contribution in [2.75, 3.05) is 39.2 Å². The molecule has 2 amide bonds. The lowest BCUT2D eigenvalue weighted by molar-refractivity contribution is -0.144. The van der Waals surface area contributed by atoms with E-state index in [1.165, 1.54) is 32.2 Å². The van der Waals surface area contributed by atoms with Crippen LogP contribution in [-0.4, -0.2) is 91.0 Å². The number of carbonyl (C=O) groups is 3. The van der Waals surface area contributed by atoms with Gasteiger partial charge in [0, 0.05) is 31.3 Å². The zero-order valence-electron chi connectivity index (χ0n) is 21.3. The van der Waals surface area contributed by atoms with E-state index in [4.69, 9.17) is 9.47 Å². The van der Waals surface area contributed by atoms with Crippen molar-refractivity contribution in [2.45, 2.75) is 37.5 Å². The van der Waals surface area contributed by atoms with Gasteiger partial charge in [-0.05, 0) is 26.2 Å². The Kier molecular flexibility index (Phi) is 9.44. The van der Waals surface area contributed by atoms with Gasteiger partial charge in [0.15, 0.2) is 9.84 Å². The largest absolute Gasteiger partial charge is 0.467 e. The third kappa shape index (κ3) is 7.16. The highest BCUT2D eigenvalue weighted by Gasteiger charge is 2.45. The summed E-state index contributed by atoms with van der Waals surface area (Å²) in [4.78, 5) is 47.3. The molecule has 0 unspecified atom stereocenters. The second kappa shape index (κ2) is 12.3. The molecule has 12 heteroatoms. The molecule has 1 fully saturated rings. The maximum Gasteiger partial charge on any atom is 0.328 e. The van der Waals surface area contributed by atoms with Crippen LogP contribution in [0.2, 0.25) is 0 Å². The summed E-state index contributed by atoms with van der Waals surface area (Å²) in [7, 11) is -2.95. The van der Waals surface area contributed by atoms with E-state index in [0.29, 0.717) is 38.4 Å². The Labute approximate surface area is 216 Å². The lowest BCUT2D eigenvalue weighted by Crippen LogP contribution is -2.54. The Morgan fingerprint density at radius 1 is 1.30 bits per heavy atom. The number of amides is 2. The summed E-state index contributed by atoms with van der Waals surface area (Å²) in [5.41, 5.74) is 0.468. The number of aromatic nitrogens is 2. The average molecular weight is 535 g/mol. The van der Waals surface area contributed by atoms with Gasteiger partial charge in [-0.2, -0.15) is 0 Å². The molecular weight excluding hydrogens is 500 g/mol. The van der Waals surface area contributed by atoms with E-state index < -0.39 is 44.2 Å². The van der Waals surface area contributed by atoms with Crippen molar-refractivity contribution < 1.29 is 32.3 Å². The molecule has 202 valence electrons. The summed E-state index contributed by atoms with van der Waals surface area (Å²) in [5, 5.41) is 2.61. The highest BCUT2D eigenvalue weighted by Crippen LogP contribution is 2.25. The summed E-state index contributed by atoms with van der Waals surface area (Å²) in [6.45, 7) is 3.98. The van der Waals surface area contributed by atoms with Crippen molar-refractivity contribution in [3.8, 4) is 0 Å². The molecule has 2 N–H and O–H groups in total. The highest BCUT2D eigenvalue weighted by atomic mass is 32.2. The van der Waals surface area contributed by atoms with E-state index in [2.05, 4.69) is 15.3 Å². The van der Waals surface area contributed by atoms with Crippen LogP contribution in [0.1, 0.15) is 26.0 Å². The first-order chi connectivity index (χ1) is 17.5. The van der Waals surface area contributed by atoms with Crippen molar-refractivity contribution in [1.82, 2.24) is 20.2 Å². The molecule has 0 radical (unpaired) electrons. The van der Waals surface area contributed by atoms with Crippen LogP contribution in [-0.2, 0) is 40.1 Å². The van der Waals surface area contributed by atoms with Gasteiger partial charge >= 0.3 is 5.97 Å². The predicted molar refractivity (Wildman–Crippen MR) is 136 cm³/mol. The van der Waals surface area contributed by atoms with Gasteiger partial charge in [0.1, 0.15) is 10.8 Å². The molecule has 1 saturated heterocycles. The normalized spacial score (nSPS) is 19.4. The molecule has 0 bridgehead atoms. The van der Waals surface area contributed by atoms with Gasteiger partial charge in [-0.3, -0.25) is 9.59 Å². The van der Waals surface area contributed by atoms with Crippen LogP contribution >= 0.6 is 0 Å². The Morgan fingerprint density at radius 2 is 2.03 bits per heavy atom. The zero-order valence-corrected chi connectivity index (χ0v) is 22.1. The summed E-state index contributed by atoms with van der Waals surface area (Å²) in [5.74, 6) is -2.86. The molecule has 11 nitrogen and oxygen atoms in total. The van der Waals surface area contributed by atoms with Gasteiger partial charge in [-0.15, -0.1) is 0 Å². The maximum absolute atomic E-state index is 13.6. The molecule has 1 aromatic heterocycles. The second-order valence-electron chi connectivity index (χ2n) is 9.39. The third-order valence-electron chi connectivity index (χ3n) is 6.42. The van der Waals surface area contributed by atoms with E-state index in [1.54, 1.807) is 12.3 Å². The number of morpholine rings is 1. The third-order valence-corrected chi connectivity index (χ3v) is 8.84. The number of H-pyrrole nitrogens is 1. The number of hydrogen-bond donors (Lipinski definition) is 2. The van der Waals surface area contributed by atoms with Crippen molar-refractivity contribution in [2.24, 2.45) is 5.92 Å². The first-order valence-electron chi connectivity index (χ1n) is 12.0. The topological polar surface area (TPSA) is 148 Å². The Balaban J connectivity index is 1.87. The minimum Gasteiger partial charge on any atom is -0.467 e. The fourth-order valence-electron chi connectivity index (χ4n) is 4.03. The summed E-state index contributed by atoms with van der Waals surface area (Å²) in [6, 6.07) is -1.09. The smallest absolute Gasteiger partial charge is 0.328 e. The standard InChI is InChI=1S/C25H34N4O7S/c1-25(2,24(32)29-9-11-36-12-10-29)37(33,34)16-19(13-18-7-5-4-6-8-18)22(30)28-21(23(31)35-3)14-20-15-26-17-27-20/h4-7,13,15,17-18,21H,8-12,14,16H2,1-3H3,(H,26,27)(H,28,30)/t18-,21+/m1/s1. The molecule has 3 rings (SSSR count). The zero-order chi connectivity index (χ0) is 27.1. The van der Waals surface area contributed by atoms with Gasteiger partial charge in [0.25, 0.3) is 0 Å². The maximum atomic E-state index is 13.6. The van der Waals surface area contributed by atoms with Crippen molar-refractivity contribution in [3.05, 3.63) is 54.2 Å². The Hall–Kier alpha value is -3.25. The van der Waals surface area contributed by atoms with Crippen molar-refractivity contribution in [1.29, 1.82) is 0 Å². The van der Waals surface area contributed by atoms with E-state index in [9.17, 15) is 22.8 Å².